The number of hydrogen-bond acceptors (Lipinski definition) is 3. The number of aryl methyl sites for hydroxylation is 1. The summed E-state index contributed by atoms with van der Waals surface area (Å²) in [5.41, 5.74) is 1.89. The van der Waals surface area contributed by atoms with Gasteiger partial charge in [0, 0.05) is 16.1 Å². The molecule has 0 aliphatic carbocycles. The summed E-state index contributed by atoms with van der Waals surface area (Å²) in [6.07, 6.45) is 3.16. The molecule has 0 radical (unpaired) electrons. The third kappa shape index (κ3) is 3.12. The van der Waals surface area contributed by atoms with Gasteiger partial charge in [-0.2, -0.15) is 5.10 Å². The van der Waals surface area contributed by atoms with Crippen LogP contribution in [0, 0.1) is 6.92 Å². The fraction of sp³-hybridized carbons (Fsp3) is 0.125. The third-order valence-electron chi connectivity index (χ3n) is 3.25. The molecule has 3 rings (SSSR count). The molecule has 0 aliphatic rings. The van der Waals surface area contributed by atoms with Crippen LogP contribution in [0.1, 0.15) is 21.7 Å². The Morgan fingerprint density at radius 2 is 2.23 bits per heavy atom. The van der Waals surface area contributed by atoms with Gasteiger partial charge in [0.15, 0.2) is 5.76 Å². The van der Waals surface area contributed by atoms with Gasteiger partial charge in [-0.1, -0.05) is 28.1 Å². The van der Waals surface area contributed by atoms with Crippen LogP contribution in [0.5, 0.6) is 0 Å². The van der Waals surface area contributed by atoms with Crippen molar-refractivity contribution in [3.05, 3.63) is 70.2 Å². The molecule has 0 saturated heterocycles. The van der Waals surface area contributed by atoms with Crippen LogP contribution in [0.3, 0.4) is 0 Å². The molecular weight excluding hydrogens is 346 g/mol. The standard InChI is InChI=1S/C16H14BrN3O2/c1-11-6-8-22-15(11)16(21)19-14-5-7-18-20(14)10-12-3-2-4-13(17)9-12/h2-9H,10H2,1H3,(H,19,21). The second-order valence-electron chi connectivity index (χ2n) is 4.89. The quantitative estimate of drug-likeness (QED) is 0.769. The predicted molar refractivity (Wildman–Crippen MR) is 86.9 cm³/mol. The van der Waals surface area contributed by atoms with Gasteiger partial charge in [-0.05, 0) is 30.7 Å². The van der Waals surface area contributed by atoms with Gasteiger partial charge in [-0.25, -0.2) is 4.68 Å². The minimum atomic E-state index is -0.279. The number of carbonyl (C=O) groups excluding carboxylic acids is 1. The Hall–Kier alpha value is -2.34. The second-order valence-corrected chi connectivity index (χ2v) is 5.81. The normalized spacial score (nSPS) is 10.6. The summed E-state index contributed by atoms with van der Waals surface area (Å²) >= 11 is 3.45. The van der Waals surface area contributed by atoms with E-state index in [1.165, 1.54) is 6.26 Å². The molecule has 0 unspecified atom stereocenters. The highest BCUT2D eigenvalue weighted by Crippen LogP contribution is 2.16. The molecule has 0 bridgehead atoms. The SMILES string of the molecule is Cc1ccoc1C(=O)Nc1ccnn1Cc1cccc(Br)c1. The monoisotopic (exact) mass is 359 g/mol. The summed E-state index contributed by atoms with van der Waals surface area (Å²) in [5.74, 6) is 0.662. The number of anilines is 1. The van der Waals surface area contributed by atoms with Crippen molar-refractivity contribution in [1.29, 1.82) is 0 Å². The first kappa shape index (κ1) is 14.6. The van der Waals surface area contributed by atoms with Crippen LogP contribution in [-0.4, -0.2) is 15.7 Å². The van der Waals surface area contributed by atoms with Gasteiger partial charge < -0.3 is 9.73 Å². The zero-order chi connectivity index (χ0) is 15.5. The molecule has 112 valence electrons. The van der Waals surface area contributed by atoms with Gasteiger partial charge in [-0.15, -0.1) is 0 Å². The van der Waals surface area contributed by atoms with E-state index in [2.05, 4.69) is 26.3 Å². The van der Waals surface area contributed by atoms with Crippen molar-refractivity contribution < 1.29 is 9.21 Å². The zero-order valence-electron chi connectivity index (χ0n) is 11.9. The average molecular weight is 360 g/mol. The zero-order valence-corrected chi connectivity index (χ0v) is 13.5. The van der Waals surface area contributed by atoms with Crippen molar-refractivity contribution in [2.45, 2.75) is 13.5 Å². The maximum absolute atomic E-state index is 12.2. The third-order valence-corrected chi connectivity index (χ3v) is 3.74. The number of benzene rings is 1. The maximum atomic E-state index is 12.2. The van der Waals surface area contributed by atoms with E-state index >= 15 is 0 Å². The van der Waals surface area contributed by atoms with Crippen molar-refractivity contribution in [1.82, 2.24) is 9.78 Å². The Kier molecular flexibility index (Phi) is 4.11. The van der Waals surface area contributed by atoms with E-state index in [1.807, 2.05) is 31.2 Å². The fourth-order valence-electron chi connectivity index (χ4n) is 2.15. The van der Waals surface area contributed by atoms with Crippen LogP contribution < -0.4 is 5.32 Å². The van der Waals surface area contributed by atoms with E-state index in [-0.39, 0.29) is 5.91 Å². The van der Waals surface area contributed by atoms with Gasteiger partial charge in [-0.3, -0.25) is 4.79 Å². The number of amides is 1. The lowest BCUT2D eigenvalue weighted by atomic mass is 10.2. The van der Waals surface area contributed by atoms with Crippen LogP contribution in [-0.2, 0) is 6.54 Å². The largest absolute Gasteiger partial charge is 0.459 e. The lowest BCUT2D eigenvalue weighted by molar-refractivity contribution is 0.0995. The Bertz CT molecular complexity index is 807. The van der Waals surface area contributed by atoms with Crippen molar-refractivity contribution >= 4 is 27.7 Å². The lowest BCUT2D eigenvalue weighted by Crippen LogP contribution is -2.16. The van der Waals surface area contributed by atoms with E-state index in [4.69, 9.17) is 4.42 Å². The average Bonchev–Trinajstić information content (AvgIpc) is 3.08. The van der Waals surface area contributed by atoms with Gasteiger partial charge >= 0.3 is 0 Å². The Morgan fingerprint density at radius 3 is 2.95 bits per heavy atom. The van der Waals surface area contributed by atoms with Crippen molar-refractivity contribution in [2.75, 3.05) is 5.32 Å². The molecule has 22 heavy (non-hydrogen) atoms. The summed E-state index contributed by atoms with van der Waals surface area (Å²) in [6, 6.07) is 11.5. The van der Waals surface area contributed by atoms with E-state index in [0.29, 0.717) is 18.1 Å². The number of carbonyl (C=O) groups is 1. The van der Waals surface area contributed by atoms with Gasteiger partial charge in [0.2, 0.25) is 0 Å². The van der Waals surface area contributed by atoms with Gasteiger partial charge in [0.1, 0.15) is 5.82 Å². The number of nitrogens with one attached hydrogen (secondary N) is 1. The Morgan fingerprint density at radius 1 is 1.36 bits per heavy atom. The molecule has 1 amide bonds. The summed E-state index contributed by atoms with van der Waals surface area (Å²) < 4.78 is 7.94. The number of rotatable bonds is 4. The molecule has 5 nitrogen and oxygen atoms in total. The minimum absolute atomic E-state index is 0.279. The molecule has 0 saturated carbocycles. The molecule has 0 atom stereocenters. The molecule has 2 aromatic heterocycles. The summed E-state index contributed by atoms with van der Waals surface area (Å²) in [5, 5.41) is 7.08. The summed E-state index contributed by atoms with van der Waals surface area (Å²) in [6.45, 7) is 2.40. The summed E-state index contributed by atoms with van der Waals surface area (Å²) in [7, 11) is 0. The molecule has 0 spiro atoms. The predicted octanol–water partition coefficient (Wildman–Crippen LogP) is 3.85. The first-order valence-electron chi connectivity index (χ1n) is 6.75. The molecule has 1 aromatic carbocycles. The fourth-order valence-corrected chi connectivity index (χ4v) is 2.60. The van der Waals surface area contributed by atoms with Crippen molar-refractivity contribution in [3.63, 3.8) is 0 Å². The van der Waals surface area contributed by atoms with Gasteiger partial charge in [0.25, 0.3) is 5.91 Å². The van der Waals surface area contributed by atoms with Crippen LogP contribution in [0.4, 0.5) is 5.82 Å². The van der Waals surface area contributed by atoms with E-state index < -0.39 is 0 Å². The topological polar surface area (TPSA) is 60.1 Å². The Balaban J connectivity index is 1.78. The first-order valence-corrected chi connectivity index (χ1v) is 7.54. The lowest BCUT2D eigenvalue weighted by Gasteiger charge is -2.09. The highest BCUT2D eigenvalue weighted by atomic mass is 79.9. The molecular formula is C16H14BrN3O2. The maximum Gasteiger partial charge on any atom is 0.292 e. The Labute approximate surface area is 136 Å². The highest BCUT2D eigenvalue weighted by molar-refractivity contribution is 9.10. The van der Waals surface area contributed by atoms with Crippen LogP contribution in [0.25, 0.3) is 0 Å². The summed E-state index contributed by atoms with van der Waals surface area (Å²) in [4.78, 5) is 12.2. The first-order chi connectivity index (χ1) is 10.6. The molecule has 3 aromatic rings. The number of hydrogen-bond donors (Lipinski definition) is 1. The van der Waals surface area contributed by atoms with E-state index in [0.717, 1.165) is 15.6 Å². The van der Waals surface area contributed by atoms with Crippen molar-refractivity contribution in [2.24, 2.45) is 0 Å². The molecule has 2 heterocycles. The number of aromatic nitrogens is 2. The number of furan rings is 1. The molecule has 0 aliphatic heterocycles. The van der Waals surface area contributed by atoms with Crippen LogP contribution in [0.15, 0.2) is 57.7 Å². The smallest absolute Gasteiger partial charge is 0.292 e. The highest BCUT2D eigenvalue weighted by Gasteiger charge is 2.15. The molecule has 1 N–H and O–H groups in total. The van der Waals surface area contributed by atoms with E-state index in [1.54, 1.807) is 23.0 Å². The number of nitrogens with zero attached hydrogens (tertiary/aromatic N) is 2. The van der Waals surface area contributed by atoms with E-state index in [9.17, 15) is 4.79 Å². The second kappa shape index (κ2) is 6.19. The molecule has 6 heteroatoms. The van der Waals surface area contributed by atoms with Gasteiger partial charge in [0.05, 0.1) is 19.0 Å². The number of halogens is 1. The van der Waals surface area contributed by atoms with Crippen molar-refractivity contribution in [3.8, 4) is 0 Å². The van der Waals surface area contributed by atoms with Crippen LogP contribution in [0.2, 0.25) is 0 Å². The minimum Gasteiger partial charge on any atom is -0.459 e. The molecule has 0 fully saturated rings. The van der Waals surface area contributed by atoms with Crippen LogP contribution >= 0.6 is 15.9 Å².